The van der Waals surface area contributed by atoms with Crippen LogP contribution in [0.3, 0.4) is 0 Å². The Labute approximate surface area is 114 Å². The number of methoxy groups -OCH3 is 1. The highest BCUT2D eigenvalue weighted by molar-refractivity contribution is 5.71. The highest BCUT2D eigenvalue weighted by Crippen LogP contribution is 2.18. The Kier molecular flexibility index (Phi) is 4.05. The van der Waals surface area contributed by atoms with Gasteiger partial charge in [-0.3, -0.25) is 4.79 Å². The molecule has 0 fully saturated rings. The average Bonchev–Trinajstić information content (AvgIpc) is 2.75. The van der Waals surface area contributed by atoms with Crippen LogP contribution in [0, 0.1) is 0 Å². The number of esters is 1. The Morgan fingerprint density at radius 3 is 2.75 bits per heavy atom. The number of ether oxygens (including phenoxy) is 2. The molecule has 1 aromatic carbocycles. The Morgan fingerprint density at radius 2 is 2.10 bits per heavy atom. The van der Waals surface area contributed by atoms with E-state index in [-0.39, 0.29) is 12.2 Å². The minimum absolute atomic E-state index is 0.191. The van der Waals surface area contributed by atoms with Crippen LogP contribution >= 0.6 is 0 Å². The predicted octanol–water partition coefficient (Wildman–Crippen LogP) is -0.506. The van der Waals surface area contributed by atoms with Crippen LogP contribution in [-0.2, 0) is 9.53 Å². The van der Waals surface area contributed by atoms with Gasteiger partial charge in [0.25, 0.3) is 5.56 Å². The third kappa shape index (κ3) is 3.17. The highest BCUT2D eigenvalue weighted by Gasteiger charge is 2.05. The number of rotatable bonds is 4. The first-order valence-corrected chi connectivity index (χ1v) is 5.88. The van der Waals surface area contributed by atoms with E-state index in [1.54, 1.807) is 30.3 Å². The molecule has 0 saturated carbocycles. The van der Waals surface area contributed by atoms with Crippen molar-refractivity contribution in [3.63, 3.8) is 0 Å². The van der Waals surface area contributed by atoms with Crippen LogP contribution in [0.15, 0.2) is 29.1 Å². The van der Waals surface area contributed by atoms with Gasteiger partial charge in [-0.1, -0.05) is 24.8 Å². The van der Waals surface area contributed by atoms with Crippen LogP contribution in [-0.4, -0.2) is 29.7 Å². The van der Waals surface area contributed by atoms with Gasteiger partial charge in [-0.2, -0.15) is 0 Å². The van der Waals surface area contributed by atoms with E-state index in [0.717, 1.165) is 0 Å². The third-order valence-corrected chi connectivity index (χ3v) is 2.59. The number of carbonyl (C=O) groups is 1. The molecular weight excluding hydrogens is 260 g/mol. The quantitative estimate of drug-likeness (QED) is 0.736. The molecule has 6 heteroatoms. The summed E-state index contributed by atoms with van der Waals surface area (Å²) in [6, 6.07) is 7.06. The van der Waals surface area contributed by atoms with E-state index >= 15 is 0 Å². The molecule has 2 N–H and O–H groups in total. The van der Waals surface area contributed by atoms with Crippen molar-refractivity contribution in [3.05, 3.63) is 51.0 Å². The number of benzene rings is 1. The molecule has 0 atom stereocenters. The average molecular weight is 274 g/mol. The number of hydrogen-bond donors (Lipinski definition) is 2. The number of nitrogens with one attached hydrogen (secondary N) is 2. The molecule has 6 nitrogen and oxygen atoms in total. The summed E-state index contributed by atoms with van der Waals surface area (Å²) in [4.78, 5) is 28.0. The number of carbonyl (C=O) groups excluding carboxylic acids is 1. The molecule has 0 amide bonds. The van der Waals surface area contributed by atoms with Crippen LogP contribution in [0.4, 0.5) is 0 Å². The first-order chi connectivity index (χ1) is 9.60. The molecule has 1 aromatic heterocycles. The molecule has 0 aliphatic heterocycles. The molecule has 104 valence electrons. The first-order valence-electron chi connectivity index (χ1n) is 5.88. The van der Waals surface area contributed by atoms with E-state index in [0.29, 0.717) is 22.1 Å². The van der Waals surface area contributed by atoms with Crippen molar-refractivity contribution in [2.24, 2.45) is 0 Å². The fraction of sp³-hybridized carbons (Fsp3) is 0.143. The van der Waals surface area contributed by atoms with Crippen molar-refractivity contribution >= 4 is 18.6 Å². The van der Waals surface area contributed by atoms with Crippen LogP contribution in [0.5, 0.6) is 5.75 Å². The second-order valence-corrected chi connectivity index (χ2v) is 4.02. The van der Waals surface area contributed by atoms with Gasteiger partial charge >= 0.3 is 5.97 Å². The van der Waals surface area contributed by atoms with Gasteiger partial charge in [0.15, 0.2) is 6.61 Å². The van der Waals surface area contributed by atoms with Crippen LogP contribution in [0.2, 0.25) is 0 Å². The third-order valence-electron chi connectivity index (χ3n) is 2.59. The molecule has 0 aliphatic rings. The second-order valence-electron chi connectivity index (χ2n) is 4.02. The van der Waals surface area contributed by atoms with Gasteiger partial charge in [-0.15, -0.1) is 0 Å². The van der Waals surface area contributed by atoms with Crippen LogP contribution in [0.25, 0.3) is 12.7 Å². The maximum absolute atomic E-state index is 11.6. The van der Waals surface area contributed by atoms with Gasteiger partial charge in [-0.05, 0) is 12.1 Å². The van der Waals surface area contributed by atoms with Gasteiger partial charge in [0.05, 0.1) is 7.11 Å². The molecule has 0 radical (unpaired) electrons. The molecular formula is C14H14N2O4. The number of hydrogen-bond acceptors (Lipinski definition) is 4. The van der Waals surface area contributed by atoms with Crippen molar-refractivity contribution < 1.29 is 14.3 Å². The van der Waals surface area contributed by atoms with E-state index in [1.807, 2.05) is 0 Å². The molecule has 0 spiro atoms. The number of aromatic amines is 2. The molecule has 0 saturated heterocycles. The van der Waals surface area contributed by atoms with Gasteiger partial charge < -0.3 is 19.4 Å². The number of para-hydroxylation sites is 1. The zero-order valence-corrected chi connectivity index (χ0v) is 10.9. The zero-order chi connectivity index (χ0) is 14.5. The summed E-state index contributed by atoms with van der Waals surface area (Å²) in [5.41, 5.74) is 0.829. The Morgan fingerprint density at radius 1 is 1.35 bits per heavy atom. The summed E-state index contributed by atoms with van der Waals surface area (Å²) < 4.78 is 9.87. The molecule has 0 bridgehead atoms. The number of aromatic nitrogens is 2. The van der Waals surface area contributed by atoms with Gasteiger partial charge in [0, 0.05) is 5.56 Å². The van der Waals surface area contributed by atoms with Crippen LogP contribution < -0.4 is 21.1 Å². The molecule has 20 heavy (non-hydrogen) atoms. The predicted molar refractivity (Wildman–Crippen MR) is 73.7 cm³/mol. The summed E-state index contributed by atoms with van der Waals surface area (Å²) in [5.74, 6) is 0.00933. The van der Waals surface area contributed by atoms with Crippen molar-refractivity contribution in [3.8, 4) is 5.75 Å². The highest BCUT2D eigenvalue weighted by atomic mass is 16.6. The number of H-pyrrole nitrogens is 2. The molecule has 0 unspecified atom stereocenters. The smallest absolute Gasteiger partial charge is 0.343 e. The lowest BCUT2D eigenvalue weighted by atomic mass is 10.2. The summed E-state index contributed by atoms with van der Waals surface area (Å²) in [6.07, 6.45) is 1.63. The largest absolute Gasteiger partial charge is 0.481 e. The minimum Gasteiger partial charge on any atom is -0.481 e. The zero-order valence-electron chi connectivity index (χ0n) is 10.9. The lowest BCUT2D eigenvalue weighted by Crippen LogP contribution is -2.23. The SMILES string of the molecule is C=c1[nH]c(=O)/c(=C\c2ccccc2OCC(=O)OC)[nH]1. The lowest BCUT2D eigenvalue weighted by Gasteiger charge is -2.07. The summed E-state index contributed by atoms with van der Waals surface area (Å²) in [5, 5.41) is 0.365. The first kappa shape index (κ1) is 13.7. The Hall–Kier alpha value is -2.76. The maximum atomic E-state index is 11.6. The topological polar surface area (TPSA) is 84.2 Å². The van der Waals surface area contributed by atoms with E-state index in [1.165, 1.54) is 7.11 Å². The standard InChI is InChI=1S/C14H14N2O4/c1-9-15-11(14(18)16-9)7-10-5-3-4-6-12(10)20-8-13(17)19-2/h3-7,15H,1,8H2,2H3,(H,16,18)/b11-7+. The van der Waals surface area contributed by atoms with Crippen molar-refractivity contribution in [2.45, 2.75) is 0 Å². The fourth-order valence-electron chi connectivity index (χ4n) is 1.64. The summed E-state index contributed by atoms with van der Waals surface area (Å²) >= 11 is 0. The number of imidazole rings is 1. The second kappa shape index (κ2) is 5.92. The maximum Gasteiger partial charge on any atom is 0.343 e. The van der Waals surface area contributed by atoms with Crippen molar-refractivity contribution in [1.29, 1.82) is 0 Å². The molecule has 0 aliphatic carbocycles. The molecule has 2 rings (SSSR count). The molecule has 1 heterocycles. The van der Waals surface area contributed by atoms with E-state index in [9.17, 15) is 9.59 Å². The Bertz CT molecular complexity index is 773. The lowest BCUT2D eigenvalue weighted by molar-refractivity contribution is -0.142. The fourth-order valence-corrected chi connectivity index (χ4v) is 1.64. The summed E-state index contributed by atoms with van der Waals surface area (Å²) in [7, 11) is 1.29. The summed E-state index contributed by atoms with van der Waals surface area (Å²) in [6.45, 7) is 3.42. The van der Waals surface area contributed by atoms with E-state index < -0.39 is 5.97 Å². The van der Waals surface area contributed by atoms with E-state index in [2.05, 4.69) is 21.3 Å². The van der Waals surface area contributed by atoms with Gasteiger partial charge in [0.2, 0.25) is 0 Å². The van der Waals surface area contributed by atoms with Gasteiger partial charge in [0.1, 0.15) is 16.6 Å². The van der Waals surface area contributed by atoms with Gasteiger partial charge in [-0.25, -0.2) is 4.79 Å². The Balaban J connectivity index is 2.36. The van der Waals surface area contributed by atoms with Crippen LogP contribution in [0.1, 0.15) is 5.56 Å². The minimum atomic E-state index is -0.474. The van der Waals surface area contributed by atoms with Crippen molar-refractivity contribution in [2.75, 3.05) is 13.7 Å². The normalized spacial score (nSPS) is 11.3. The monoisotopic (exact) mass is 274 g/mol. The van der Waals surface area contributed by atoms with Crippen molar-refractivity contribution in [1.82, 2.24) is 9.97 Å². The van der Waals surface area contributed by atoms with E-state index in [4.69, 9.17) is 4.74 Å². The molecule has 2 aromatic rings.